The summed E-state index contributed by atoms with van der Waals surface area (Å²) in [6.07, 6.45) is 0.748. The largest absolute Gasteiger partial charge is 0.478 e. The van der Waals surface area contributed by atoms with E-state index in [2.05, 4.69) is 19.2 Å². The number of rotatable bonds is 3. The predicted molar refractivity (Wildman–Crippen MR) is 88.1 cm³/mol. The van der Waals surface area contributed by atoms with Gasteiger partial charge in [-0.25, -0.2) is 4.79 Å². The lowest BCUT2D eigenvalue weighted by molar-refractivity contribution is -0.124. The van der Waals surface area contributed by atoms with Crippen molar-refractivity contribution in [3.8, 4) is 0 Å². The highest BCUT2D eigenvalue weighted by atomic mass is 32.2. The number of carbonyl (C=O) groups excluding carboxylic acids is 2. The maximum atomic E-state index is 10.5. The van der Waals surface area contributed by atoms with Crippen LogP contribution in [0.15, 0.2) is 29.2 Å². The van der Waals surface area contributed by atoms with E-state index in [9.17, 15) is 14.4 Å². The standard InChI is InChI=1S/C10H12O2S.C4H5NO2.C2H6/c1-7(2)13-9-5-3-8(4-6-9)10(11)12;6-3-1-2-4(7)5-3;1-2/h3-7H,1-2H3,(H,11,12);1-2H2,(H,5,6,7);1-2H3. The van der Waals surface area contributed by atoms with Crippen molar-refractivity contribution in [2.45, 2.75) is 50.7 Å². The Morgan fingerprint density at radius 2 is 1.55 bits per heavy atom. The summed E-state index contributed by atoms with van der Waals surface area (Å²) in [7, 11) is 0. The molecule has 0 saturated carbocycles. The van der Waals surface area contributed by atoms with E-state index in [0.717, 1.165) is 4.90 Å². The minimum atomic E-state index is -0.874. The number of thioether (sulfide) groups is 1. The normalized spacial score (nSPS) is 12.8. The lowest BCUT2D eigenvalue weighted by atomic mass is 10.2. The molecule has 0 unspecified atom stereocenters. The second kappa shape index (κ2) is 10.8. The van der Waals surface area contributed by atoms with E-state index < -0.39 is 5.97 Å². The molecule has 122 valence electrons. The van der Waals surface area contributed by atoms with Crippen molar-refractivity contribution in [3.05, 3.63) is 29.8 Å². The molecular formula is C16H23NO4S. The number of aromatic carboxylic acids is 1. The first-order valence-electron chi connectivity index (χ1n) is 7.21. The summed E-state index contributed by atoms with van der Waals surface area (Å²) in [4.78, 5) is 31.9. The van der Waals surface area contributed by atoms with Crippen LogP contribution < -0.4 is 5.32 Å². The number of hydrogen-bond donors (Lipinski definition) is 2. The third-order valence-corrected chi connectivity index (χ3v) is 3.35. The number of hydrogen-bond acceptors (Lipinski definition) is 4. The van der Waals surface area contributed by atoms with Gasteiger partial charge in [0.2, 0.25) is 11.8 Å². The molecule has 6 heteroatoms. The van der Waals surface area contributed by atoms with Crippen LogP contribution in [0, 0.1) is 0 Å². The maximum Gasteiger partial charge on any atom is 0.335 e. The second-order valence-electron chi connectivity index (χ2n) is 4.47. The summed E-state index contributed by atoms with van der Waals surface area (Å²) < 4.78 is 0. The van der Waals surface area contributed by atoms with Crippen molar-refractivity contribution >= 4 is 29.5 Å². The van der Waals surface area contributed by atoms with Crippen LogP contribution in [-0.2, 0) is 9.59 Å². The lowest BCUT2D eigenvalue weighted by Crippen LogP contribution is -2.18. The number of carboxylic acid groups (broad SMARTS) is 1. The molecule has 22 heavy (non-hydrogen) atoms. The van der Waals surface area contributed by atoms with Gasteiger partial charge in [-0.15, -0.1) is 11.8 Å². The summed E-state index contributed by atoms with van der Waals surface area (Å²) in [5.41, 5.74) is 0.341. The highest BCUT2D eigenvalue weighted by Crippen LogP contribution is 2.22. The van der Waals surface area contributed by atoms with E-state index in [1.54, 1.807) is 23.9 Å². The highest BCUT2D eigenvalue weighted by Gasteiger charge is 2.15. The highest BCUT2D eigenvalue weighted by molar-refractivity contribution is 7.99. The zero-order valence-corrected chi connectivity index (χ0v) is 14.2. The van der Waals surface area contributed by atoms with Crippen LogP contribution in [0.1, 0.15) is 50.9 Å². The fourth-order valence-electron chi connectivity index (χ4n) is 1.46. The van der Waals surface area contributed by atoms with Gasteiger partial charge in [-0.1, -0.05) is 27.7 Å². The van der Waals surface area contributed by atoms with Gasteiger partial charge < -0.3 is 5.11 Å². The quantitative estimate of drug-likeness (QED) is 0.658. The van der Waals surface area contributed by atoms with Crippen molar-refractivity contribution in [1.29, 1.82) is 0 Å². The van der Waals surface area contributed by atoms with Crippen LogP contribution in [0.3, 0.4) is 0 Å². The molecule has 0 aromatic heterocycles. The van der Waals surface area contributed by atoms with Crippen molar-refractivity contribution < 1.29 is 19.5 Å². The third-order valence-electron chi connectivity index (χ3n) is 2.33. The van der Waals surface area contributed by atoms with Crippen molar-refractivity contribution in [2.75, 3.05) is 0 Å². The first kappa shape index (κ1) is 20.2. The van der Waals surface area contributed by atoms with Gasteiger partial charge >= 0.3 is 5.97 Å². The molecule has 1 aliphatic rings. The van der Waals surface area contributed by atoms with E-state index in [0.29, 0.717) is 23.7 Å². The van der Waals surface area contributed by atoms with E-state index in [4.69, 9.17) is 5.11 Å². The molecule has 1 aromatic rings. The van der Waals surface area contributed by atoms with Gasteiger partial charge in [0.25, 0.3) is 0 Å². The molecule has 1 heterocycles. The van der Waals surface area contributed by atoms with Crippen molar-refractivity contribution in [2.24, 2.45) is 0 Å². The number of amides is 2. The molecule has 1 aromatic carbocycles. The van der Waals surface area contributed by atoms with Crippen molar-refractivity contribution in [3.63, 3.8) is 0 Å². The zero-order chi connectivity index (χ0) is 17.1. The van der Waals surface area contributed by atoms with E-state index in [1.807, 2.05) is 26.0 Å². The Balaban J connectivity index is 0.000000412. The Kier molecular flexibility index (Phi) is 9.95. The fourth-order valence-corrected chi connectivity index (χ4v) is 2.29. The summed E-state index contributed by atoms with van der Waals surface area (Å²) in [6, 6.07) is 6.95. The molecule has 1 aliphatic heterocycles. The van der Waals surface area contributed by atoms with Gasteiger partial charge in [0.05, 0.1) is 5.56 Å². The second-order valence-corrected chi connectivity index (χ2v) is 6.12. The topological polar surface area (TPSA) is 83.5 Å². The predicted octanol–water partition coefficient (Wildman–Crippen LogP) is 3.33. The summed E-state index contributed by atoms with van der Waals surface area (Å²) >= 11 is 1.73. The summed E-state index contributed by atoms with van der Waals surface area (Å²) in [6.45, 7) is 8.21. The Bertz CT molecular complexity index is 483. The molecule has 2 amide bonds. The van der Waals surface area contributed by atoms with Gasteiger partial charge in [0, 0.05) is 23.0 Å². The van der Waals surface area contributed by atoms with Crippen LogP contribution in [0.4, 0.5) is 0 Å². The molecule has 5 nitrogen and oxygen atoms in total. The first-order valence-corrected chi connectivity index (χ1v) is 8.09. The number of carbonyl (C=O) groups is 3. The minimum absolute atomic E-state index is 0.148. The number of imide groups is 1. The Labute approximate surface area is 135 Å². The first-order chi connectivity index (χ1) is 10.4. The van der Waals surface area contributed by atoms with Crippen LogP contribution in [0.25, 0.3) is 0 Å². The van der Waals surface area contributed by atoms with Crippen LogP contribution >= 0.6 is 11.8 Å². The number of benzene rings is 1. The van der Waals surface area contributed by atoms with Gasteiger partial charge in [0.1, 0.15) is 0 Å². The zero-order valence-electron chi connectivity index (χ0n) is 13.4. The molecular weight excluding hydrogens is 302 g/mol. The van der Waals surface area contributed by atoms with Gasteiger partial charge in [-0.2, -0.15) is 0 Å². The van der Waals surface area contributed by atoms with Crippen molar-refractivity contribution in [1.82, 2.24) is 5.32 Å². The minimum Gasteiger partial charge on any atom is -0.478 e. The Hall–Kier alpha value is -1.82. The Morgan fingerprint density at radius 3 is 1.82 bits per heavy atom. The monoisotopic (exact) mass is 325 g/mol. The summed E-state index contributed by atoms with van der Waals surface area (Å²) in [5, 5.41) is 11.3. The lowest BCUT2D eigenvalue weighted by Gasteiger charge is -2.04. The van der Waals surface area contributed by atoms with E-state index in [-0.39, 0.29) is 11.8 Å². The fraction of sp³-hybridized carbons (Fsp3) is 0.438. The Morgan fingerprint density at radius 1 is 1.09 bits per heavy atom. The number of nitrogens with one attached hydrogen (secondary N) is 1. The molecule has 0 atom stereocenters. The van der Waals surface area contributed by atoms with Gasteiger partial charge in [-0.3, -0.25) is 14.9 Å². The van der Waals surface area contributed by atoms with E-state index >= 15 is 0 Å². The SMILES string of the molecule is CC.CC(C)Sc1ccc(C(=O)O)cc1.O=C1CCC(=O)N1. The molecule has 0 bridgehead atoms. The molecule has 1 fully saturated rings. The number of carboxylic acids is 1. The molecule has 0 aliphatic carbocycles. The molecule has 0 radical (unpaired) electrons. The van der Waals surface area contributed by atoms with Gasteiger partial charge in [-0.05, 0) is 24.3 Å². The van der Waals surface area contributed by atoms with Crippen LogP contribution in [0.2, 0.25) is 0 Å². The van der Waals surface area contributed by atoms with Crippen LogP contribution in [0.5, 0.6) is 0 Å². The molecule has 2 rings (SSSR count). The molecule has 2 N–H and O–H groups in total. The van der Waals surface area contributed by atoms with Gasteiger partial charge in [0.15, 0.2) is 0 Å². The average Bonchev–Trinajstić information content (AvgIpc) is 2.85. The third kappa shape index (κ3) is 8.46. The van der Waals surface area contributed by atoms with Crippen LogP contribution in [-0.4, -0.2) is 28.1 Å². The maximum absolute atomic E-state index is 10.5. The summed E-state index contributed by atoms with van der Waals surface area (Å²) in [5.74, 6) is -1.17. The smallest absolute Gasteiger partial charge is 0.335 e. The molecule has 0 spiro atoms. The van der Waals surface area contributed by atoms with E-state index in [1.165, 1.54) is 0 Å². The molecule has 1 saturated heterocycles. The average molecular weight is 325 g/mol.